The molecule has 2 N–H and O–H groups in total. The maximum absolute atomic E-state index is 4.30. The first kappa shape index (κ1) is 14.8. The molecule has 0 aliphatic carbocycles. The Labute approximate surface area is 120 Å². The largest absolute Gasteiger partial charge is 0.308 e. The zero-order chi connectivity index (χ0) is 14.8. The number of hydrogen-bond donors (Lipinski definition) is 2. The molecule has 0 fully saturated rings. The minimum absolute atomic E-state index is 0.0876. The lowest BCUT2D eigenvalue weighted by Gasteiger charge is -2.23. The molecule has 0 bridgehead atoms. The molecule has 2 aromatic heterocycles. The van der Waals surface area contributed by atoms with E-state index >= 15 is 0 Å². The van der Waals surface area contributed by atoms with Crippen molar-refractivity contribution in [1.29, 1.82) is 0 Å². The van der Waals surface area contributed by atoms with E-state index in [1.807, 2.05) is 29.3 Å². The van der Waals surface area contributed by atoms with Gasteiger partial charge in [0.25, 0.3) is 0 Å². The number of nitrogens with zero attached hydrogens (tertiary/aromatic N) is 3. The van der Waals surface area contributed by atoms with Gasteiger partial charge in [0.05, 0.1) is 12.2 Å². The predicted molar refractivity (Wildman–Crippen MR) is 80.5 cm³/mol. The van der Waals surface area contributed by atoms with Gasteiger partial charge in [-0.1, -0.05) is 20.8 Å². The van der Waals surface area contributed by atoms with E-state index in [9.17, 15) is 0 Å². The fraction of sp³-hybridized carbons (Fsp3) is 0.600. The van der Waals surface area contributed by atoms with Gasteiger partial charge in [-0.05, 0) is 19.9 Å². The molecule has 0 amide bonds. The smallest absolute Gasteiger partial charge is 0.0641 e. The van der Waals surface area contributed by atoms with Crippen LogP contribution >= 0.6 is 0 Å². The average Bonchev–Trinajstić information content (AvgIpc) is 3.04. The van der Waals surface area contributed by atoms with Crippen molar-refractivity contribution in [2.75, 3.05) is 0 Å². The van der Waals surface area contributed by atoms with E-state index in [0.29, 0.717) is 12.1 Å². The SMILES string of the molecule is C[C@H]([C@@H](C)NCc1cn[nH]c1C(C)(C)C)n1cccn1. The van der Waals surface area contributed by atoms with Gasteiger partial charge in [-0.2, -0.15) is 10.2 Å². The van der Waals surface area contributed by atoms with Crippen LogP contribution in [0.2, 0.25) is 0 Å². The first-order chi connectivity index (χ1) is 9.39. The van der Waals surface area contributed by atoms with Gasteiger partial charge in [0.2, 0.25) is 0 Å². The van der Waals surface area contributed by atoms with Crippen LogP contribution < -0.4 is 5.32 Å². The van der Waals surface area contributed by atoms with E-state index < -0.39 is 0 Å². The monoisotopic (exact) mass is 275 g/mol. The lowest BCUT2D eigenvalue weighted by atomic mass is 9.89. The van der Waals surface area contributed by atoms with Crippen LogP contribution in [0.3, 0.4) is 0 Å². The highest BCUT2D eigenvalue weighted by atomic mass is 15.3. The Morgan fingerprint density at radius 3 is 2.70 bits per heavy atom. The summed E-state index contributed by atoms with van der Waals surface area (Å²) in [6.45, 7) is 11.8. The maximum Gasteiger partial charge on any atom is 0.0641 e. The quantitative estimate of drug-likeness (QED) is 0.882. The second-order valence-electron chi connectivity index (χ2n) is 6.42. The van der Waals surface area contributed by atoms with Gasteiger partial charge in [0.1, 0.15) is 0 Å². The Hall–Kier alpha value is -1.62. The van der Waals surface area contributed by atoms with Crippen LogP contribution in [0.15, 0.2) is 24.7 Å². The molecule has 2 heterocycles. The molecule has 0 saturated carbocycles. The van der Waals surface area contributed by atoms with E-state index in [1.54, 1.807) is 0 Å². The van der Waals surface area contributed by atoms with Crippen LogP contribution in [-0.4, -0.2) is 26.0 Å². The Balaban J connectivity index is 1.97. The van der Waals surface area contributed by atoms with Crippen LogP contribution in [-0.2, 0) is 12.0 Å². The molecule has 0 aliphatic heterocycles. The molecule has 0 radical (unpaired) electrons. The summed E-state index contributed by atoms with van der Waals surface area (Å²) in [6.07, 6.45) is 5.73. The average molecular weight is 275 g/mol. The van der Waals surface area contributed by atoms with E-state index in [0.717, 1.165) is 6.54 Å². The lowest BCUT2D eigenvalue weighted by molar-refractivity contribution is 0.364. The summed E-state index contributed by atoms with van der Waals surface area (Å²) in [5.41, 5.74) is 2.52. The Kier molecular flexibility index (Phi) is 4.28. The molecule has 0 aromatic carbocycles. The van der Waals surface area contributed by atoms with Crippen LogP contribution in [0, 0.1) is 0 Å². The summed E-state index contributed by atoms with van der Waals surface area (Å²) in [7, 11) is 0. The zero-order valence-electron chi connectivity index (χ0n) is 13.0. The molecule has 2 aromatic rings. The topological polar surface area (TPSA) is 58.5 Å². The highest BCUT2D eigenvalue weighted by molar-refractivity contribution is 5.23. The second kappa shape index (κ2) is 5.79. The fourth-order valence-electron chi connectivity index (χ4n) is 2.29. The number of H-pyrrole nitrogens is 1. The van der Waals surface area contributed by atoms with Gasteiger partial charge in [0, 0.05) is 41.7 Å². The summed E-state index contributed by atoms with van der Waals surface area (Å²) >= 11 is 0. The van der Waals surface area contributed by atoms with Crippen LogP contribution in [0.25, 0.3) is 0 Å². The van der Waals surface area contributed by atoms with Gasteiger partial charge in [-0.3, -0.25) is 9.78 Å². The van der Waals surface area contributed by atoms with Gasteiger partial charge in [0.15, 0.2) is 0 Å². The summed E-state index contributed by atoms with van der Waals surface area (Å²) in [5.74, 6) is 0. The van der Waals surface area contributed by atoms with Gasteiger partial charge < -0.3 is 5.32 Å². The number of hydrogen-bond acceptors (Lipinski definition) is 3. The molecule has 110 valence electrons. The van der Waals surface area contributed by atoms with E-state index in [2.05, 4.69) is 55.2 Å². The standard InChI is InChI=1S/C15H25N5/c1-11(12(2)20-8-6-7-18-20)16-9-13-10-17-19-14(13)15(3,4)5/h6-8,10-12,16H,9H2,1-5H3,(H,17,19)/t11-,12-/m1/s1. The minimum Gasteiger partial charge on any atom is -0.308 e. The molecule has 0 unspecified atom stereocenters. The first-order valence-corrected chi connectivity index (χ1v) is 7.15. The predicted octanol–water partition coefficient (Wildman–Crippen LogP) is 2.64. The van der Waals surface area contributed by atoms with Crippen LogP contribution in [0.1, 0.15) is 51.9 Å². The molecular weight excluding hydrogens is 250 g/mol. The van der Waals surface area contributed by atoms with Crippen LogP contribution in [0.4, 0.5) is 0 Å². The van der Waals surface area contributed by atoms with Gasteiger partial charge >= 0.3 is 0 Å². The van der Waals surface area contributed by atoms with E-state index in [4.69, 9.17) is 0 Å². The molecule has 20 heavy (non-hydrogen) atoms. The Morgan fingerprint density at radius 1 is 1.35 bits per heavy atom. The van der Waals surface area contributed by atoms with Crippen molar-refractivity contribution in [2.45, 2.75) is 58.7 Å². The summed E-state index contributed by atoms with van der Waals surface area (Å²) in [4.78, 5) is 0. The molecule has 0 aliphatic rings. The fourth-order valence-corrected chi connectivity index (χ4v) is 2.29. The van der Waals surface area contributed by atoms with Gasteiger partial charge in [-0.15, -0.1) is 0 Å². The van der Waals surface area contributed by atoms with E-state index in [1.165, 1.54) is 11.3 Å². The Bertz CT molecular complexity index is 521. The number of nitrogens with one attached hydrogen (secondary N) is 2. The number of aromatic nitrogens is 4. The molecule has 0 saturated heterocycles. The van der Waals surface area contributed by atoms with Crippen molar-refractivity contribution in [3.05, 3.63) is 35.9 Å². The number of rotatable bonds is 5. The molecule has 5 nitrogen and oxygen atoms in total. The Morgan fingerprint density at radius 2 is 2.10 bits per heavy atom. The van der Waals surface area contributed by atoms with Crippen molar-refractivity contribution in [3.8, 4) is 0 Å². The van der Waals surface area contributed by atoms with Crippen molar-refractivity contribution in [1.82, 2.24) is 25.3 Å². The van der Waals surface area contributed by atoms with Crippen molar-refractivity contribution < 1.29 is 0 Å². The summed E-state index contributed by atoms with van der Waals surface area (Å²) < 4.78 is 1.98. The summed E-state index contributed by atoms with van der Waals surface area (Å²) in [6, 6.07) is 2.60. The molecule has 5 heteroatoms. The minimum atomic E-state index is 0.0876. The molecule has 0 spiro atoms. The lowest BCUT2D eigenvalue weighted by Crippen LogP contribution is -2.34. The number of aromatic amines is 1. The maximum atomic E-state index is 4.30. The molecule has 2 atom stereocenters. The van der Waals surface area contributed by atoms with Gasteiger partial charge in [-0.25, -0.2) is 0 Å². The van der Waals surface area contributed by atoms with E-state index in [-0.39, 0.29) is 5.41 Å². The molecule has 2 rings (SSSR count). The highest BCUT2D eigenvalue weighted by Gasteiger charge is 2.21. The second-order valence-corrected chi connectivity index (χ2v) is 6.42. The molecular formula is C15H25N5. The third-order valence-corrected chi connectivity index (χ3v) is 3.75. The zero-order valence-corrected chi connectivity index (χ0v) is 13.0. The normalized spacial score (nSPS) is 15.2. The third-order valence-electron chi connectivity index (χ3n) is 3.75. The summed E-state index contributed by atoms with van der Waals surface area (Å²) in [5, 5.41) is 15.2. The van der Waals surface area contributed by atoms with Crippen LogP contribution in [0.5, 0.6) is 0 Å². The van der Waals surface area contributed by atoms with Crippen molar-refractivity contribution in [2.24, 2.45) is 0 Å². The van der Waals surface area contributed by atoms with Crippen molar-refractivity contribution in [3.63, 3.8) is 0 Å². The first-order valence-electron chi connectivity index (χ1n) is 7.15. The highest BCUT2D eigenvalue weighted by Crippen LogP contribution is 2.23. The van der Waals surface area contributed by atoms with Crippen molar-refractivity contribution >= 4 is 0 Å². The third kappa shape index (κ3) is 3.28.